The first-order chi connectivity index (χ1) is 12.5. The van der Waals surface area contributed by atoms with Crippen LogP contribution in [0.3, 0.4) is 0 Å². The molecule has 26 heavy (non-hydrogen) atoms. The van der Waals surface area contributed by atoms with Crippen molar-refractivity contribution in [2.75, 3.05) is 12.4 Å². The van der Waals surface area contributed by atoms with Gasteiger partial charge in [0.25, 0.3) is 5.91 Å². The van der Waals surface area contributed by atoms with E-state index >= 15 is 0 Å². The molecule has 3 rings (SSSR count). The minimum Gasteiger partial charge on any atom is -0.495 e. The lowest BCUT2D eigenvalue weighted by atomic mass is 10.2. The van der Waals surface area contributed by atoms with Gasteiger partial charge in [0.1, 0.15) is 5.75 Å². The first kappa shape index (κ1) is 17.2. The number of aromatic nitrogens is 5. The van der Waals surface area contributed by atoms with E-state index in [0.29, 0.717) is 11.6 Å². The van der Waals surface area contributed by atoms with Gasteiger partial charge in [-0.05, 0) is 12.1 Å². The second-order valence-electron chi connectivity index (χ2n) is 5.39. The van der Waals surface area contributed by atoms with Crippen LogP contribution in [0.5, 0.6) is 5.75 Å². The van der Waals surface area contributed by atoms with Crippen molar-refractivity contribution in [1.29, 1.82) is 0 Å². The minimum absolute atomic E-state index is 0.0948. The number of oxazole rings is 1. The Bertz CT molecular complexity index is 970. The van der Waals surface area contributed by atoms with Crippen LogP contribution >= 0.6 is 0 Å². The van der Waals surface area contributed by atoms with E-state index in [-0.39, 0.29) is 11.7 Å². The molecule has 3 aromatic rings. The van der Waals surface area contributed by atoms with Crippen LogP contribution in [0.25, 0.3) is 11.1 Å². The van der Waals surface area contributed by atoms with Crippen molar-refractivity contribution in [2.45, 2.75) is 6.92 Å². The maximum absolute atomic E-state index is 12.2. The van der Waals surface area contributed by atoms with E-state index in [1.54, 1.807) is 43.4 Å². The fourth-order valence-corrected chi connectivity index (χ4v) is 2.15. The Kier molecular flexibility index (Phi) is 4.97. The molecule has 0 aliphatic heterocycles. The van der Waals surface area contributed by atoms with Gasteiger partial charge >= 0.3 is 0 Å². The maximum Gasteiger partial charge on any atom is 0.295 e. The smallest absolute Gasteiger partial charge is 0.295 e. The number of carbonyl (C=O) groups excluding carboxylic acids is 1. The molecule has 0 saturated heterocycles. The molecule has 0 aliphatic rings. The van der Waals surface area contributed by atoms with Gasteiger partial charge in [-0.3, -0.25) is 14.8 Å². The number of amides is 1. The van der Waals surface area contributed by atoms with Gasteiger partial charge in [-0.1, -0.05) is 0 Å². The molecule has 9 nitrogen and oxygen atoms in total. The van der Waals surface area contributed by atoms with Gasteiger partial charge in [-0.15, -0.1) is 0 Å². The number of nitrogens with one attached hydrogen (secondary N) is 2. The van der Waals surface area contributed by atoms with Crippen LogP contribution in [-0.2, 0) is 7.05 Å². The van der Waals surface area contributed by atoms with Crippen molar-refractivity contribution in [3.8, 4) is 16.9 Å². The molecular weight excluding hydrogens is 336 g/mol. The molecule has 0 radical (unpaired) electrons. The van der Waals surface area contributed by atoms with E-state index in [0.717, 1.165) is 11.1 Å². The quantitative estimate of drug-likeness (QED) is 0.745. The minimum atomic E-state index is -0.465. The Morgan fingerprint density at radius 1 is 1.23 bits per heavy atom. The van der Waals surface area contributed by atoms with Crippen LogP contribution in [0, 0.1) is 6.92 Å². The number of methoxy groups -OCH3 is 1. The third kappa shape index (κ3) is 4.07. The normalized spacial score (nSPS) is 10.3. The Labute approximate surface area is 149 Å². The van der Waals surface area contributed by atoms with Crippen LogP contribution in [0.2, 0.25) is 0 Å². The van der Waals surface area contributed by atoms with Crippen molar-refractivity contribution in [3.05, 3.63) is 54.8 Å². The summed E-state index contributed by atoms with van der Waals surface area (Å²) in [5.74, 6) is 0.803. The first-order valence-electron chi connectivity index (χ1n) is 7.74. The summed E-state index contributed by atoms with van der Waals surface area (Å²) >= 11 is 0. The van der Waals surface area contributed by atoms with E-state index in [9.17, 15) is 4.79 Å². The predicted molar refractivity (Wildman–Crippen MR) is 94.2 cm³/mol. The number of aryl methyl sites for hydroxylation is 2. The van der Waals surface area contributed by atoms with Gasteiger partial charge in [-0.25, -0.2) is 9.97 Å². The Balaban J connectivity index is 1.99. The van der Waals surface area contributed by atoms with Crippen LogP contribution in [0.15, 0.2) is 47.5 Å². The number of hydrogen-bond donors (Lipinski definition) is 2. The molecule has 3 heterocycles. The average molecular weight is 354 g/mol. The van der Waals surface area contributed by atoms with E-state index in [1.807, 2.05) is 19.3 Å². The van der Waals surface area contributed by atoms with Crippen LogP contribution in [-0.4, -0.2) is 37.7 Å². The molecule has 2 N–H and O–H groups in total. The second-order valence-corrected chi connectivity index (χ2v) is 5.39. The van der Waals surface area contributed by atoms with Gasteiger partial charge in [-0.2, -0.15) is 5.10 Å². The number of aromatic amines is 1. The summed E-state index contributed by atoms with van der Waals surface area (Å²) in [7, 11) is 3.38. The second kappa shape index (κ2) is 7.51. The van der Waals surface area contributed by atoms with Gasteiger partial charge in [0.15, 0.2) is 5.89 Å². The van der Waals surface area contributed by atoms with Crippen LogP contribution in [0.1, 0.15) is 16.4 Å². The van der Waals surface area contributed by atoms with Gasteiger partial charge in [0.05, 0.1) is 19.5 Å². The Morgan fingerprint density at radius 3 is 2.73 bits per heavy atom. The van der Waals surface area contributed by atoms with E-state index in [4.69, 9.17) is 9.15 Å². The largest absolute Gasteiger partial charge is 0.495 e. The molecule has 0 atom stereocenters. The fourth-order valence-electron chi connectivity index (χ4n) is 2.15. The van der Waals surface area contributed by atoms with Gasteiger partial charge < -0.3 is 14.1 Å². The fraction of sp³-hybridized carbons (Fsp3) is 0.176. The average Bonchev–Trinajstić information content (AvgIpc) is 3.26. The molecule has 3 aromatic heterocycles. The molecule has 9 heteroatoms. The van der Waals surface area contributed by atoms with Crippen molar-refractivity contribution in [2.24, 2.45) is 7.05 Å². The standard InChI is InChI=1S/C17H18N6O3/c1-11-18-9-15(26-11)16(24)22-17-19-6-12(13-7-21-23(2)10-13)4-5-14(25-3)8-20-17/h4-10H,1-3H3,(H2,19,20,22,24). The molecule has 134 valence electrons. The molecular formula is C17H18N6O3. The highest BCUT2D eigenvalue weighted by molar-refractivity contribution is 6.00. The Morgan fingerprint density at radius 2 is 2.08 bits per heavy atom. The van der Waals surface area contributed by atoms with Crippen LogP contribution < -0.4 is 10.1 Å². The van der Waals surface area contributed by atoms with Gasteiger partial charge in [0.2, 0.25) is 11.7 Å². The van der Waals surface area contributed by atoms with Crippen LogP contribution in [0.4, 0.5) is 5.95 Å². The third-order valence-electron chi connectivity index (χ3n) is 3.46. The van der Waals surface area contributed by atoms with Crippen molar-refractivity contribution in [1.82, 2.24) is 24.7 Å². The summed E-state index contributed by atoms with van der Waals surface area (Å²) in [6.45, 7) is 1.66. The van der Waals surface area contributed by atoms with Crippen molar-refractivity contribution < 1.29 is 13.9 Å². The van der Waals surface area contributed by atoms with Crippen molar-refractivity contribution >= 4 is 11.9 Å². The highest BCUT2D eigenvalue weighted by Crippen LogP contribution is 2.18. The summed E-state index contributed by atoms with van der Waals surface area (Å²) in [5, 5.41) is 6.80. The summed E-state index contributed by atoms with van der Waals surface area (Å²) < 4.78 is 12.2. The summed E-state index contributed by atoms with van der Waals surface area (Å²) in [6.07, 6.45) is 8.15. The number of nitrogens with zero attached hydrogens (tertiary/aromatic N) is 4. The zero-order valence-corrected chi connectivity index (χ0v) is 14.6. The van der Waals surface area contributed by atoms with Gasteiger partial charge in [0, 0.05) is 43.7 Å². The summed E-state index contributed by atoms with van der Waals surface area (Å²) in [4.78, 5) is 23.4. The molecule has 0 fully saturated rings. The van der Waals surface area contributed by atoms with E-state index in [1.165, 1.54) is 6.20 Å². The molecule has 0 bridgehead atoms. The predicted octanol–water partition coefficient (Wildman–Crippen LogP) is 2.49. The lowest BCUT2D eigenvalue weighted by molar-refractivity contribution is 0.0994. The zero-order chi connectivity index (χ0) is 18.5. The number of rotatable bonds is 4. The van der Waals surface area contributed by atoms with E-state index in [2.05, 4.69) is 25.4 Å². The first-order valence-corrected chi connectivity index (χ1v) is 7.74. The number of hydrogen-bond acceptors (Lipinski definition) is 6. The molecule has 1 amide bonds. The topological polar surface area (TPSA) is 111 Å². The summed E-state index contributed by atoms with van der Waals surface area (Å²) in [5.41, 5.74) is 1.67. The Hall–Kier alpha value is -3.62. The highest BCUT2D eigenvalue weighted by Gasteiger charge is 2.11. The monoisotopic (exact) mass is 354 g/mol. The SMILES string of the molecule is COc1ccc(-c2cnn(C)c2)cnc(NC(=O)c2cnc(C)o2)[nH]c1. The van der Waals surface area contributed by atoms with E-state index < -0.39 is 5.91 Å². The molecule has 0 unspecified atom stereocenters. The molecule has 0 saturated carbocycles. The summed E-state index contributed by atoms with van der Waals surface area (Å²) in [6, 6.07) is 3.63. The number of H-pyrrole nitrogens is 1. The number of carbonyl (C=O) groups is 1. The lowest BCUT2D eigenvalue weighted by Crippen LogP contribution is -2.12. The number of ether oxygens (including phenoxy) is 1. The molecule has 0 aromatic carbocycles. The lowest BCUT2D eigenvalue weighted by Gasteiger charge is -2.00. The highest BCUT2D eigenvalue weighted by atomic mass is 16.5. The van der Waals surface area contributed by atoms with Crippen molar-refractivity contribution in [3.63, 3.8) is 0 Å². The molecule has 0 spiro atoms. The zero-order valence-electron chi connectivity index (χ0n) is 14.6. The third-order valence-corrected chi connectivity index (χ3v) is 3.46. The maximum atomic E-state index is 12.2. The number of anilines is 1. The molecule has 0 aliphatic carbocycles.